The minimum absolute atomic E-state index is 0.118. The van der Waals surface area contributed by atoms with E-state index in [4.69, 9.17) is 9.72 Å². The topological polar surface area (TPSA) is 79.3 Å². The molecule has 0 amide bonds. The average molecular weight is 398 g/mol. The molecule has 0 unspecified atom stereocenters. The van der Waals surface area contributed by atoms with E-state index >= 15 is 0 Å². The van der Waals surface area contributed by atoms with Crippen LogP contribution in [0.3, 0.4) is 0 Å². The Labute approximate surface area is 174 Å². The van der Waals surface area contributed by atoms with Gasteiger partial charge in [-0.05, 0) is 18.1 Å². The van der Waals surface area contributed by atoms with Gasteiger partial charge < -0.3 is 9.64 Å². The van der Waals surface area contributed by atoms with Crippen molar-refractivity contribution in [2.45, 2.75) is 19.8 Å². The summed E-state index contributed by atoms with van der Waals surface area (Å²) in [7, 11) is 0. The van der Waals surface area contributed by atoms with Crippen LogP contribution in [0.4, 0.5) is 5.82 Å². The molecule has 0 atom stereocenters. The maximum Gasteiger partial charge on any atom is 0.165 e. The van der Waals surface area contributed by atoms with Crippen molar-refractivity contribution in [1.82, 2.24) is 19.6 Å². The number of para-hydroxylation sites is 1. The van der Waals surface area contributed by atoms with Gasteiger partial charge >= 0.3 is 0 Å². The monoisotopic (exact) mass is 398 g/mol. The second kappa shape index (κ2) is 7.39. The molecule has 150 valence electrons. The zero-order chi connectivity index (χ0) is 20.7. The van der Waals surface area contributed by atoms with Crippen LogP contribution in [0.5, 0.6) is 0 Å². The van der Waals surface area contributed by atoms with E-state index in [2.05, 4.69) is 47.0 Å². The third-order valence-corrected chi connectivity index (χ3v) is 5.53. The van der Waals surface area contributed by atoms with Gasteiger partial charge in [-0.1, -0.05) is 32.0 Å². The summed E-state index contributed by atoms with van der Waals surface area (Å²) in [6, 6.07) is 12.6. The van der Waals surface area contributed by atoms with Crippen LogP contribution in [-0.4, -0.2) is 45.9 Å². The van der Waals surface area contributed by atoms with Gasteiger partial charge in [0.2, 0.25) is 0 Å². The largest absolute Gasteiger partial charge is 0.378 e. The molecule has 30 heavy (non-hydrogen) atoms. The van der Waals surface area contributed by atoms with E-state index in [1.54, 1.807) is 0 Å². The van der Waals surface area contributed by atoms with E-state index in [1.807, 2.05) is 35.1 Å². The Morgan fingerprint density at radius 3 is 2.70 bits per heavy atom. The summed E-state index contributed by atoms with van der Waals surface area (Å²) in [6.45, 7) is 6.87. The van der Waals surface area contributed by atoms with Gasteiger partial charge in [0.25, 0.3) is 0 Å². The van der Waals surface area contributed by atoms with Gasteiger partial charge in [0.1, 0.15) is 11.6 Å². The third-order valence-electron chi connectivity index (χ3n) is 5.53. The summed E-state index contributed by atoms with van der Waals surface area (Å²) in [5.41, 5.74) is 5.04. The van der Waals surface area contributed by atoms with E-state index in [-0.39, 0.29) is 5.92 Å². The fourth-order valence-electron chi connectivity index (χ4n) is 4.07. The standard InChI is InChI=1S/C23H22N6O/c1-15(2)21-18(12-24)22(28-7-9-30-10-8-28)27-23-19(14-26-29(21)23)17-11-16-5-3-4-6-20(16)25-13-17/h3-6,11,13-15H,7-10H2,1-2H3. The van der Waals surface area contributed by atoms with Gasteiger partial charge in [-0.3, -0.25) is 4.98 Å². The molecule has 1 aliphatic heterocycles. The van der Waals surface area contributed by atoms with Crippen molar-refractivity contribution in [3.8, 4) is 17.2 Å². The van der Waals surface area contributed by atoms with Crippen LogP contribution in [0.25, 0.3) is 27.7 Å². The number of anilines is 1. The minimum Gasteiger partial charge on any atom is -0.378 e. The summed E-state index contributed by atoms with van der Waals surface area (Å²) < 4.78 is 7.32. The van der Waals surface area contributed by atoms with Crippen LogP contribution < -0.4 is 4.90 Å². The zero-order valence-corrected chi connectivity index (χ0v) is 17.0. The Morgan fingerprint density at radius 2 is 1.93 bits per heavy atom. The highest BCUT2D eigenvalue weighted by atomic mass is 16.5. The van der Waals surface area contributed by atoms with Gasteiger partial charge in [-0.2, -0.15) is 10.4 Å². The summed E-state index contributed by atoms with van der Waals surface area (Å²) in [4.78, 5) is 11.7. The van der Waals surface area contributed by atoms with Gasteiger partial charge in [0.05, 0.1) is 30.6 Å². The lowest BCUT2D eigenvalue weighted by Gasteiger charge is -2.29. The number of rotatable bonds is 3. The van der Waals surface area contributed by atoms with Crippen LogP contribution in [0.2, 0.25) is 0 Å². The van der Waals surface area contributed by atoms with Crippen molar-refractivity contribution in [2.75, 3.05) is 31.2 Å². The van der Waals surface area contributed by atoms with Crippen molar-refractivity contribution in [3.63, 3.8) is 0 Å². The van der Waals surface area contributed by atoms with E-state index in [1.165, 1.54) is 0 Å². The normalized spacial score (nSPS) is 14.5. The number of morpholine rings is 1. The SMILES string of the molecule is CC(C)c1c(C#N)c(N2CCOCC2)nc2c(-c3cnc4ccccc4c3)cnn12. The number of benzene rings is 1. The molecule has 1 aromatic carbocycles. The highest BCUT2D eigenvalue weighted by Gasteiger charge is 2.25. The first-order chi connectivity index (χ1) is 14.7. The van der Waals surface area contributed by atoms with Crippen molar-refractivity contribution < 1.29 is 4.74 Å². The van der Waals surface area contributed by atoms with Crippen molar-refractivity contribution in [2.24, 2.45) is 0 Å². The number of ether oxygens (including phenoxy) is 1. The van der Waals surface area contributed by atoms with Gasteiger partial charge in [0.15, 0.2) is 11.5 Å². The molecule has 5 rings (SSSR count). The molecule has 4 aromatic rings. The maximum absolute atomic E-state index is 9.98. The summed E-state index contributed by atoms with van der Waals surface area (Å²) >= 11 is 0. The lowest BCUT2D eigenvalue weighted by atomic mass is 10.0. The Morgan fingerprint density at radius 1 is 1.13 bits per heavy atom. The quantitative estimate of drug-likeness (QED) is 0.523. The molecule has 0 saturated carbocycles. The molecule has 1 fully saturated rings. The Hall–Kier alpha value is -3.50. The highest BCUT2D eigenvalue weighted by molar-refractivity contribution is 5.87. The molecule has 1 aliphatic rings. The molecule has 3 aromatic heterocycles. The lowest BCUT2D eigenvalue weighted by molar-refractivity contribution is 0.122. The first-order valence-electron chi connectivity index (χ1n) is 10.2. The molecule has 0 radical (unpaired) electrons. The summed E-state index contributed by atoms with van der Waals surface area (Å²) in [5.74, 6) is 0.833. The van der Waals surface area contributed by atoms with E-state index < -0.39 is 0 Å². The first-order valence-corrected chi connectivity index (χ1v) is 10.2. The molecule has 7 nitrogen and oxygen atoms in total. The highest BCUT2D eigenvalue weighted by Crippen LogP contribution is 2.33. The van der Waals surface area contributed by atoms with Gasteiger partial charge in [-0.25, -0.2) is 9.50 Å². The number of aromatic nitrogens is 4. The second-order valence-corrected chi connectivity index (χ2v) is 7.77. The molecule has 0 N–H and O–H groups in total. The van der Waals surface area contributed by atoms with E-state index in [0.717, 1.165) is 46.5 Å². The molecule has 0 spiro atoms. The van der Waals surface area contributed by atoms with Gasteiger partial charge in [0, 0.05) is 35.8 Å². The van der Waals surface area contributed by atoms with Crippen molar-refractivity contribution in [3.05, 3.63) is 54.0 Å². The van der Waals surface area contributed by atoms with Crippen LogP contribution in [0.1, 0.15) is 31.0 Å². The van der Waals surface area contributed by atoms with Crippen molar-refractivity contribution in [1.29, 1.82) is 5.26 Å². The predicted octanol–water partition coefficient (Wildman–Crippen LogP) is 3.78. The minimum atomic E-state index is 0.118. The lowest BCUT2D eigenvalue weighted by Crippen LogP contribution is -2.37. The molecule has 0 aliphatic carbocycles. The molecular formula is C23H22N6O. The molecule has 1 saturated heterocycles. The number of fused-ring (bicyclic) bond motifs is 2. The molecule has 4 heterocycles. The average Bonchev–Trinajstić information content (AvgIpc) is 3.21. The number of pyridine rings is 1. The van der Waals surface area contributed by atoms with E-state index in [9.17, 15) is 5.26 Å². The molecule has 0 bridgehead atoms. The summed E-state index contributed by atoms with van der Waals surface area (Å²) in [6.07, 6.45) is 3.69. The fraction of sp³-hybridized carbons (Fsp3) is 0.304. The summed E-state index contributed by atoms with van der Waals surface area (Å²) in [5, 5.41) is 15.7. The number of nitriles is 1. The zero-order valence-electron chi connectivity index (χ0n) is 17.0. The third kappa shape index (κ3) is 2.97. The van der Waals surface area contributed by atoms with Crippen LogP contribution in [0, 0.1) is 11.3 Å². The predicted molar refractivity (Wildman–Crippen MR) is 116 cm³/mol. The van der Waals surface area contributed by atoms with Crippen LogP contribution in [-0.2, 0) is 4.74 Å². The Balaban J connectivity index is 1.76. The maximum atomic E-state index is 9.98. The van der Waals surface area contributed by atoms with Gasteiger partial charge in [-0.15, -0.1) is 0 Å². The number of hydrogen-bond donors (Lipinski definition) is 0. The Bertz CT molecular complexity index is 1280. The van der Waals surface area contributed by atoms with Crippen molar-refractivity contribution >= 4 is 22.4 Å². The van der Waals surface area contributed by atoms with Crippen LogP contribution in [0.15, 0.2) is 42.7 Å². The molecular weight excluding hydrogens is 376 g/mol. The van der Waals surface area contributed by atoms with E-state index in [0.29, 0.717) is 24.6 Å². The Kier molecular flexibility index (Phi) is 4.57. The molecule has 7 heteroatoms. The first kappa shape index (κ1) is 18.5. The van der Waals surface area contributed by atoms with Crippen LogP contribution >= 0.6 is 0 Å². The fourth-order valence-corrected chi connectivity index (χ4v) is 4.07. The number of nitrogens with zero attached hydrogens (tertiary/aromatic N) is 6. The second-order valence-electron chi connectivity index (χ2n) is 7.77. The smallest absolute Gasteiger partial charge is 0.165 e. The number of hydrogen-bond acceptors (Lipinski definition) is 6.